The van der Waals surface area contributed by atoms with E-state index in [0.29, 0.717) is 50.6 Å². The molecule has 2 N–H and O–H groups in total. The summed E-state index contributed by atoms with van der Waals surface area (Å²) in [6.45, 7) is 5.70. The minimum Gasteiger partial charge on any atom is -0.505 e. The van der Waals surface area contributed by atoms with Gasteiger partial charge in [-0.15, -0.1) is 0 Å². The van der Waals surface area contributed by atoms with Crippen molar-refractivity contribution >= 4 is 11.8 Å². The van der Waals surface area contributed by atoms with Crippen LogP contribution in [0.4, 0.5) is 10.2 Å². The fourth-order valence-corrected chi connectivity index (χ4v) is 3.07. The van der Waals surface area contributed by atoms with Crippen LogP contribution in [0.3, 0.4) is 0 Å². The summed E-state index contributed by atoms with van der Waals surface area (Å²) in [4.78, 5) is 25.2. The van der Waals surface area contributed by atoms with Crippen LogP contribution >= 0.6 is 0 Å². The SMILES string of the molecule is CCNC(=NCc1ccc(O)c(F)c1)N1CCN(c2nccn(C)c2=O)CC1. The van der Waals surface area contributed by atoms with Crippen molar-refractivity contribution in [1.29, 1.82) is 0 Å². The molecule has 0 amide bonds. The van der Waals surface area contributed by atoms with Crippen LogP contribution in [0.25, 0.3) is 0 Å². The summed E-state index contributed by atoms with van der Waals surface area (Å²) in [7, 11) is 1.71. The van der Waals surface area contributed by atoms with Crippen molar-refractivity contribution in [3.8, 4) is 5.75 Å². The van der Waals surface area contributed by atoms with Crippen LogP contribution in [-0.2, 0) is 13.6 Å². The van der Waals surface area contributed by atoms with Crippen LogP contribution in [0.15, 0.2) is 40.4 Å². The molecule has 0 saturated carbocycles. The van der Waals surface area contributed by atoms with E-state index in [1.54, 1.807) is 25.5 Å². The summed E-state index contributed by atoms with van der Waals surface area (Å²) in [6, 6.07) is 4.27. The second-order valence-corrected chi connectivity index (χ2v) is 6.60. The first-order valence-electron chi connectivity index (χ1n) is 9.27. The Balaban J connectivity index is 1.67. The van der Waals surface area contributed by atoms with Crippen molar-refractivity contribution in [1.82, 2.24) is 19.8 Å². The third-order valence-electron chi connectivity index (χ3n) is 4.64. The van der Waals surface area contributed by atoms with Crippen LogP contribution in [0.5, 0.6) is 5.75 Å². The molecule has 0 radical (unpaired) electrons. The minimum absolute atomic E-state index is 0.106. The monoisotopic (exact) mass is 388 g/mol. The number of hydrogen-bond donors (Lipinski definition) is 2. The van der Waals surface area contributed by atoms with E-state index >= 15 is 0 Å². The van der Waals surface area contributed by atoms with Gasteiger partial charge in [0.25, 0.3) is 5.56 Å². The summed E-state index contributed by atoms with van der Waals surface area (Å²) in [6.07, 6.45) is 3.27. The summed E-state index contributed by atoms with van der Waals surface area (Å²) < 4.78 is 15.0. The van der Waals surface area contributed by atoms with Crippen molar-refractivity contribution in [2.24, 2.45) is 12.0 Å². The smallest absolute Gasteiger partial charge is 0.293 e. The number of aliphatic imine (C=N–C) groups is 1. The van der Waals surface area contributed by atoms with Crippen LogP contribution in [-0.4, -0.2) is 58.2 Å². The van der Waals surface area contributed by atoms with Crippen molar-refractivity contribution in [2.75, 3.05) is 37.6 Å². The minimum atomic E-state index is -0.650. The number of aromatic nitrogens is 2. The molecule has 3 rings (SSSR count). The van der Waals surface area contributed by atoms with Gasteiger partial charge >= 0.3 is 0 Å². The van der Waals surface area contributed by atoms with E-state index in [1.807, 2.05) is 11.8 Å². The standard InChI is InChI=1S/C19H25FN6O2/c1-3-21-19(23-13-14-4-5-16(27)15(20)12-14)26-10-8-25(9-11-26)17-18(28)24(2)7-6-22-17/h4-7,12,27H,3,8-11,13H2,1-2H3,(H,21,23). The third-order valence-corrected chi connectivity index (χ3v) is 4.64. The number of aromatic hydroxyl groups is 1. The van der Waals surface area contributed by atoms with Gasteiger partial charge in [-0.05, 0) is 24.6 Å². The number of rotatable bonds is 4. The Labute approximate surface area is 163 Å². The zero-order valence-electron chi connectivity index (χ0n) is 16.1. The molecule has 0 spiro atoms. The fraction of sp³-hybridized carbons (Fsp3) is 0.421. The number of benzene rings is 1. The first-order valence-corrected chi connectivity index (χ1v) is 9.27. The van der Waals surface area contributed by atoms with Crippen molar-refractivity contribution in [3.63, 3.8) is 0 Å². The van der Waals surface area contributed by atoms with Gasteiger partial charge < -0.3 is 24.8 Å². The van der Waals surface area contributed by atoms with Gasteiger partial charge in [-0.1, -0.05) is 6.07 Å². The van der Waals surface area contributed by atoms with Gasteiger partial charge in [-0.2, -0.15) is 0 Å². The molecule has 1 fully saturated rings. The number of guanidine groups is 1. The van der Waals surface area contributed by atoms with E-state index < -0.39 is 5.82 Å². The molecule has 0 bridgehead atoms. The Kier molecular flexibility index (Phi) is 6.13. The number of halogens is 1. The third kappa shape index (κ3) is 4.41. The van der Waals surface area contributed by atoms with E-state index in [9.17, 15) is 14.3 Å². The molecule has 28 heavy (non-hydrogen) atoms. The Morgan fingerprint density at radius 1 is 1.32 bits per heavy atom. The highest BCUT2D eigenvalue weighted by molar-refractivity contribution is 5.80. The van der Waals surface area contributed by atoms with Crippen molar-refractivity contribution in [2.45, 2.75) is 13.5 Å². The highest BCUT2D eigenvalue weighted by atomic mass is 19.1. The Bertz CT molecular complexity index is 906. The number of anilines is 1. The van der Waals surface area contributed by atoms with Gasteiger partial charge in [0, 0.05) is 52.2 Å². The average molecular weight is 388 g/mol. The maximum Gasteiger partial charge on any atom is 0.293 e. The lowest BCUT2D eigenvalue weighted by Crippen LogP contribution is -2.53. The topological polar surface area (TPSA) is 86.0 Å². The summed E-state index contributed by atoms with van der Waals surface area (Å²) in [5.41, 5.74) is 0.576. The Morgan fingerprint density at radius 2 is 2.07 bits per heavy atom. The van der Waals surface area contributed by atoms with Crippen molar-refractivity contribution < 1.29 is 9.50 Å². The molecule has 8 nitrogen and oxygen atoms in total. The van der Waals surface area contributed by atoms with E-state index in [1.165, 1.54) is 16.7 Å². The molecule has 0 aliphatic carbocycles. The maximum absolute atomic E-state index is 13.5. The Hall–Kier alpha value is -3.10. The molecule has 0 atom stereocenters. The molecule has 2 heterocycles. The number of aryl methyl sites for hydroxylation is 1. The van der Waals surface area contributed by atoms with Gasteiger partial charge in [0.1, 0.15) is 0 Å². The molecular formula is C19H25FN6O2. The summed E-state index contributed by atoms with van der Waals surface area (Å²) in [5, 5.41) is 12.6. The predicted octanol–water partition coefficient (Wildman–Crippen LogP) is 0.913. The maximum atomic E-state index is 13.5. The molecule has 0 unspecified atom stereocenters. The van der Waals surface area contributed by atoms with E-state index in [-0.39, 0.29) is 11.3 Å². The predicted molar refractivity (Wildman–Crippen MR) is 106 cm³/mol. The molecule has 2 aromatic rings. The van der Waals surface area contributed by atoms with Gasteiger partial charge in [0.2, 0.25) is 0 Å². The van der Waals surface area contributed by atoms with Crippen LogP contribution in [0.1, 0.15) is 12.5 Å². The first kappa shape index (κ1) is 19.7. The lowest BCUT2D eigenvalue weighted by Gasteiger charge is -2.36. The molecule has 150 valence electrons. The van der Waals surface area contributed by atoms with E-state index in [4.69, 9.17) is 0 Å². The van der Waals surface area contributed by atoms with E-state index in [0.717, 1.165) is 5.96 Å². The first-order chi connectivity index (χ1) is 13.5. The number of piperazine rings is 1. The number of nitrogens with one attached hydrogen (secondary N) is 1. The lowest BCUT2D eigenvalue weighted by atomic mass is 10.2. The zero-order chi connectivity index (χ0) is 20.1. The zero-order valence-corrected chi connectivity index (χ0v) is 16.1. The van der Waals surface area contributed by atoms with Gasteiger partial charge in [0.05, 0.1) is 6.54 Å². The largest absolute Gasteiger partial charge is 0.505 e. The molecule has 1 aromatic carbocycles. The van der Waals surface area contributed by atoms with Crippen LogP contribution < -0.4 is 15.8 Å². The van der Waals surface area contributed by atoms with Crippen molar-refractivity contribution in [3.05, 3.63) is 52.3 Å². The quantitative estimate of drug-likeness (QED) is 0.598. The van der Waals surface area contributed by atoms with Gasteiger partial charge in [-0.25, -0.2) is 14.4 Å². The molecule has 1 aliphatic heterocycles. The highest BCUT2D eigenvalue weighted by Gasteiger charge is 2.22. The molecular weight excluding hydrogens is 363 g/mol. The highest BCUT2D eigenvalue weighted by Crippen LogP contribution is 2.17. The normalized spacial score (nSPS) is 15.0. The molecule has 1 aromatic heterocycles. The second kappa shape index (κ2) is 8.73. The Morgan fingerprint density at radius 3 is 2.75 bits per heavy atom. The summed E-state index contributed by atoms with van der Waals surface area (Å²) >= 11 is 0. The second-order valence-electron chi connectivity index (χ2n) is 6.60. The summed E-state index contributed by atoms with van der Waals surface area (Å²) in [5.74, 6) is 0.190. The van der Waals surface area contributed by atoms with E-state index in [2.05, 4.69) is 20.2 Å². The number of phenols is 1. The molecule has 1 saturated heterocycles. The van der Waals surface area contributed by atoms with Crippen LogP contribution in [0, 0.1) is 5.82 Å². The fourth-order valence-electron chi connectivity index (χ4n) is 3.07. The van der Waals surface area contributed by atoms with Crippen LogP contribution in [0.2, 0.25) is 0 Å². The number of phenolic OH excluding ortho intramolecular Hbond substituents is 1. The molecule has 9 heteroatoms. The number of hydrogen-bond acceptors (Lipinski definition) is 5. The number of nitrogens with zero attached hydrogens (tertiary/aromatic N) is 5. The molecule has 1 aliphatic rings. The van der Waals surface area contributed by atoms with Gasteiger partial charge in [0.15, 0.2) is 23.3 Å². The van der Waals surface area contributed by atoms with Gasteiger partial charge in [-0.3, -0.25) is 4.79 Å². The lowest BCUT2D eigenvalue weighted by molar-refractivity contribution is 0.370. The average Bonchev–Trinajstić information content (AvgIpc) is 2.70.